The molecule has 0 saturated carbocycles. The lowest BCUT2D eigenvalue weighted by molar-refractivity contribution is 0.189. The minimum absolute atomic E-state index is 0.161. The van der Waals surface area contributed by atoms with Crippen LogP contribution >= 0.6 is 11.6 Å². The average molecular weight is 228 g/mol. The van der Waals surface area contributed by atoms with Gasteiger partial charge < -0.3 is 10.5 Å². The van der Waals surface area contributed by atoms with Crippen LogP contribution in [0.15, 0.2) is 18.2 Å². The molecule has 1 rings (SSSR count). The molecule has 3 heteroatoms. The monoisotopic (exact) mass is 227 g/mol. The molecule has 0 saturated heterocycles. The van der Waals surface area contributed by atoms with Crippen LogP contribution in [0, 0.1) is 6.92 Å². The van der Waals surface area contributed by atoms with E-state index in [1.807, 2.05) is 25.1 Å². The Bertz CT molecular complexity index is 314. The molecule has 15 heavy (non-hydrogen) atoms. The Morgan fingerprint density at radius 1 is 1.47 bits per heavy atom. The van der Waals surface area contributed by atoms with Gasteiger partial charge in [-0.05, 0) is 44.0 Å². The number of hydrogen-bond donors (Lipinski definition) is 1. The highest BCUT2D eigenvalue weighted by atomic mass is 35.5. The van der Waals surface area contributed by atoms with Gasteiger partial charge in [0.05, 0.1) is 11.1 Å². The van der Waals surface area contributed by atoms with Crippen molar-refractivity contribution >= 4 is 11.6 Å². The summed E-state index contributed by atoms with van der Waals surface area (Å²) in [7, 11) is 0. The van der Waals surface area contributed by atoms with Crippen LogP contribution in [0.3, 0.4) is 0 Å². The molecule has 1 aromatic carbocycles. The largest absolute Gasteiger partial charge is 0.489 e. The lowest BCUT2D eigenvalue weighted by atomic mass is 10.2. The van der Waals surface area contributed by atoms with Crippen molar-refractivity contribution in [2.75, 3.05) is 6.54 Å². The molecule has 2 nitrogen and oxygen atoms in total. The van der Waals surface area contributed by atoms with E-state index in [1.165, 1.54) is 0 Å². The van der Waals surface area contributed by atoms with E-state index in [1.54, 1.807) is 0 Å². The van der Waals surface area contributed by atoms with Crippen molar-refractivity contribution in [1.82, 2.24) is 0 Å². The van der Waals surface area contributed by atoms with Crippen molar-refractivity contribution in [2.45, 2.75) is 32.8 Å². The van der Waals surface area contributed by atoms with Gasteiger partial charge in [-0.15, -0.1) is 0 Å². The SMILES string of the molecule is CCC(CCN)Oc1cc(C)ccc1Cl. The highest BCUT2D eigenvalue weighted by Crippen LogP contribution is 2.27. The molecule has 1 aromatic rings. The smallest absolute Gasteiger partial charge is 0.138 e. The van der Waals surface area contributed by atoms with Crippen molar-refractivity contribution in [3.05, 3.63) is 28.8 Å². The Kier molecular flexibility index (Phi) is 4.92. The molecule has 1 unspecified atom stereocenters. The standard InChI is InChI=1S/C12H18ClNO/c1-3-10(6-7-14)15-12-8-9(2)4-5-11(12)13/h4-5,8,10H,3,6-7,14H2,1-2H3. The quantitative estimate of drug-likeness (QED) is 0.839. The van der Waals surface area contributed by atoms with Gasteiger partial charge in [0.25, 0.3) is 0 Å². The average Bonchev–Trinajstić information content (AvgIpc) is 2.22. The summed E-state index contributed by atoms with van der Waals surface area (Å²) in [6.07, 6.45) is 1.97. The van der Waals surface area contributed by atoms with Crippen molar-refractivity contribution < 1.29 is 4.74 Å². The Morgan fingerprint density at radius 2 is 2.20 bits per heavy atom. The summed E-state index contributed by atoms with van der Waals surface area (Å²) in [5.74, 6) is 0.761. The third-order valence-electron chi connectivity index (χ3n) is 2.32. The minimum atomic E-state index is 0.161. The number of halogens is 1. The topological polar surface area (TPSA) is 35.2 Å². The van der Waals surface area contributed by atoms with Crippen LogP contribution in [0.25, 0.3) is 0 Å². The van der Waals surface area contributed by atoms with E-state index in [4.69, 9.17) is 22.1 Å². The first-order valence-electron chi connectivity index (χ1n) is 5.30. The molecule has 0 aliphatic heterocycles. The highest BCUT2D eigenvalue weighted by Gasteiger charge is 2.09. The van der Waals surface area contributed by atoms with Gasteiger partial charge in [0.2, 0.25) is 0 Å². The minimum Gasteiger partial charge on any atom is -0.489 e. The van der Waals surface area contributed by atoms with Crippen LogP contribution in [-0.4, -0.2) is 12.6 Å². The van der Waals surface area contributed by atoms with E-state index in [0.717, 1.165) is 24.2 Å². The summed E-state index contributed by atoms with van der Waals surface area (Å²) in [5, 5.41) is 0.663. The Hall–Kier alpha value is -0.730. The zero-order chi connectivity index (χ0) is 11.3. The summed E-state index contributed by atoms with van der Waals surface area (Å²) in [6, 6.07) is 5.79. The maximum atomic E-state index is 6.04. The van der Waals surface area contributed by atoms with Gasteiger partial charge in [0, 0.05) is 0 Å². The van der Waals surface area contributed by atoms with Crippen LogP contribution in [0.2, 0.25) is 5.02 Å². The van der Waals surface area contributed by atoms with Gasteiger partial charge in [0.15, 0.2) is 0 Å². The molecule has 1 atom stereocenters. The van der Waals surface area contributed by atoms with Crippen LogP contribution in [0.1, 0.15) is 25.3 Å². The van der Waals surface area contributed by atoms with Gasteiger partial charge >= 0.3 is 0 Å². The lowest BCUT2D eigenvalue weighted by Gasteiger charge is -2.17. The molecule has 0 heterocycles. The molecule has 0 bridgehead atoms. The van der Waals surface area contributed by atoms with Gasteiger partial charge in [-0.25, -0.2) is 0 Å². The normalized spacial score (nSPS) is 12.5. The third-order valence-corrected chi connectivity index (χ3v) is 2.64. The lowest BCUT2D eigenvalue weighted by Crippen LogP contribution is -2.19. The first kappa shape index (κ1) is 12.3. The summed E-state index contributed by atoms with van der Waals surface area (Å²) in [4.78, 5) is 0. The molecule has 0 aliphatic rings. The zero-order valence-electron chi connectivity index (χ0n) is 9.29. The number of hydrogen-bond acceptors (Lipinski definition) is 2. The molecule has 0 aliphatic carbocycles. The summed E-state index contributed by atoms with van der Waals surface area (Å²) < 4.78 is 5.80. The molecule has 0 fully saturated rings. The highest BCUT2D eigenvalue weighted by molar-refractivity contribution is 6.32. The van der Waals surface area contributed by atoms with Crippen LogP contribution in [0.5, 0.6) is 5.75 Å². The maximum absolute atomic E-state index is 6.04. The first-order chi connectivity index (χ1) is 7.17. The molecule has 0 spiro atoms. The Balaban J connectivity index is 2.73. The number of nitrogens with two attached hydrogens (primary N) is 1. The molecule has 0 radical (unpaired) electrons. The fourth-order valence-corrected chi connectivity index (χ4v) is 1.57. The van der Waals surface area contributed by atoms with Crippen molar-refractivity contribution in [2.24, 2.45) is 5.73 Å². The van der Waals surface area contributed by atoms with E-state index in [0.29, 0.717) is 11.6 Å². The predicted octanol–water partition coefficient (Wildman–Crippen LogP) is 3.15. The van der Waals surface area contributed by atoms with Crippen molar-refractivity contribution in [1.29, 1.82) is 0 Å². The van der Waals surface area contributed by atoms with Crippen molar-refractivity contribution in [3.8, 4) is 5.75 Å². The molecular weight excluding hydrogens is 210 g/mol. The number of ether oxygens (including phenoxy) is 1. The third kappa shape index (κ3) is 3.73. The van der Waals surface area contributed by atoms with Gasteiger partial charge in [-0.3, -0.25) is 0 Å². The number of benzene rings is 1. The molecule has 0 amide bonds. The van der Waals surface area contributed by atoms with Crippen molar-refractivity contribution in [3.63, 3.8) is 0 Å². The molecule has 0 aromatic heterocycles. The van der Waals surface area contributed by atoms with Gasteiger partial charge in [0.1, 0.15) is 5.75 Å². The fourth-order valence-electron chi connectivity index (χ4n) is 1.41. The number of rotatable bonds is 5. The van der Waals surface area contributed by atoms with Crippen LogP contribution in [-0.2, 0) is 0 Å². The second-order valence-corrected chi connectivity index (χ2v) is 4.07. The zero-order valence-corrected chi connectivity index (χ0v) is 10.1. The second-order valence-electron chi connectivity index (χ2n) is 3.66. The van der Waals surface area contributed by atoms with E-state index in [-0.39, 0.29) is 6.10 Å². The first-order valence-corrected chi connectivity index (χ1v) is 5.68. The molecule has 84 valence electrons. The number of aryl methyl sites for hydroxylation is 1. The van der Waals surface area contributed by atoms with Crippen LogP contribution in [0.4, 0.5) is 0 Å². The fraction of sp³-hybridized carbons (Fsp3) is 0.500. The summed E-state index contributed by atoms with van der Waals surface area (Å²) in [5.41, 5.74) is 6.66. The van der Waals surface area contributed by atoms with Gasteiger partial charge in [-0.2, -0.15) is 0 Å². The van der Waals surface area contributed by atoms with E-state index < -0.39 is 0 Å². The van der Waals surface area contributed by atoms with E-state index >= 15 is 0 Å². The summed E-state index contributed by atoms with van der Waals surface area (Å²) >= 11 is 6.04. The second kappa shape index (κ2) is 5.99. The Labute approximate surface area is 96.4 Å². The predicted molar refractivity (Wildman–Crippen MR) is 64.6 cm³/mol. The molecule has 2 N–H and O–H groups in total. The van der Waals surface area contributed by atoms with Crippen LogP contribution < -0.4 is 10.5 Å². The molecular formula is C12H18ClNO. The Morgan fingerprint density at radius 3 is 2.80 bits per heavy atom. The van der Waals surface area contributed by atoms with Gasteiger partial charge in [-0.1, -0.05) is 24.6 Å². The summed E-state index contributed by atoms with van der Waals surface area (Å²) in [6.45, 7) is 4.75. The van der Waals surface area contributed by atoms with E-state index in [2.05, 4.69) is 6.92 Å². The maximum Gasteiger partial charge on any atom is 0.138 e. The van der Waals surface area contributed by atoms with E-state index in [9.17, 15) is 0 Å².